The van der Waals surface area contributed by atoms with Crippen molar-refractivity contribution in [2.24, 2.45) is 11.8 Å². The van der Waals surface area contributed by atoms with Crippen LogP contribution in [0.5, 0.6) is 0 Å². The molecular formula is C6H11NO2S. The maximum absolute atomic E-state index is 11.0. The fourth-order valence-corrected chi connectivity index (χ4v) is 4.12. The molecule has 2 saturated heterocycles. The molecule has 0 spiro atoms. The summed E-state index contributed by atoms with van der Waals surface area (Å²) in [7, 11) is -2.65. The number of fused-ring (bicyclic) bond motifs is 1. The van der Waals surface area contributed by atoms with E-state index in [1.54, 1.807) is 0 Å². The van der Waals surface area contributed by atoms with E-state index in [4.69, 9.17) is 0 Å². The van der Waals surface area contributed by atoms with Crippen LogP contribution in [0.2, 0.25) is 0 Å². The van der Waals surface area contributed by atoms with Crippen LogP contribution >= 0.6 is 0 Å². The zero-order chi connectivity index (χ0) is 7.19. The van der Waals surface area contributed by atoms with E-state index >= 15 is 0 Å². The molecule has 0 aliphatic carbocycles. The van der Waals surface area contributed by atoms with Crippen LogP contribution in [0.1, 0.15) is 0 Å². The van der Waals surface area contributed by atoms with Gasteiger partial charge in [0.25, 0.3) is 0 Å². The molecule has 58 valence electrons. The van der Waals surface area contributed by atoms with E-state index in [0.29, 0.717) is 23.3 Å². The van der Waals surface area contributed by atoms with Gasteiger partial charge in [0.2, 0.25) is 0 Å². The highest BCUT2D eigenvalue weighted by atomic mass is 32.2. The van der Waals surface area contributed by atoms with Gasteiger partial charge >= 0.3 is 0 Å². The Hall–Kier alpha value is -0.0900. The van der Waals surface area contributed by atoms with Gasteiger partial charge in [0.05, 0.1) is 11.5 Å². The summed E-state index contributed by atoms with van der Waals surface area (Å²) in [6.45, 7) is 1.81. The summed E-state index contributed by atoms with van der Waals surface area (Å²) >= 11 is 0. The Balaban J connectivity index is 2.21. The Morgan fingerprint density at radius 2 is 1.60 bits per heavy atom. The molecule has 2 heterocycles. The van der Waals surface area contributed by atoms with Crippen molar-refractivity contribution >= 4 is 9.84 Å². The minimum Gasteiger partial charge on any atom is -0.316 e. The first-order valence-electron chi connectivity index (χ1n) is 3.58. The molecule has 2 unspecified atom stereocenters. The Labute approximate surface area is 60.7 Å². The lowest BCUT2D eigenvalue weighted by Crippen LogP contribution is -2.16. The van der Waals surface area contributed by atoms with Gasteiger partial charge in [-0.2, -0.15) is 0 Å². The quantitative estimate of drug-likeness (QED) is 0.508. The van der Waals surface area contributed by atoms with E-state index < -0.39 is 9.84 Å². The molecule has 1 N–H and O–H groups in total. The number of nitrogens with one attached hydrogen (secondary N) is 1. The summed E-state index contributed by atoms with van der Waals surface area (Å²) in [6.07, 6.45) is 0. The van der Waals surface area contributed by atoms with Gasteiger partial charge < -0.3 is 5.32 Å². The van der Waals surface area contributed by atoms with E-state index in [-0.39, 0.29) is 0 Å². The van der Waals surface area contributed by atoms with Gasteiger partial charge in [-0.05, 0) is 24.9 Å². The lowest BCUT2D eigenvalue weighted by molar-refractivity contribution is 0.533. The highest BCUT2D eigenvalue weighted by Crippen LogP contribution is 2.27. The van der Waals surface area contributed by atoms with E-state index in [9.17, 15) is 8.42 Å². The van der Waals surface area contributed by atoms with E-state index in [1.807, 2.05) is 0 Å². The summed E-state index contributed by atoms with van der Waals surface area (Å²) in [6, 6.07) is 0. The molecule has 0 aromatic carbocycles. The fraction of sp³-hybridized carbons (Fsp3) is 1.00. The molecule has 0 saturated carbocycles. The first-order valence-corrected chi connectivity index (χ1v) is 5.41. The van der Waals surface area contributed by atoms with Crippen molar-refractivity contribution in [3.8, 4) is 0 Å². The van der Waals surface area contributed by atoms with Crippen molar-refractivity contribution in [2.45, 2.75) is 0 Å². The molecule has 2 aliphatic heterocycles. The molecule has 0 amide bonds. The lowest BCUT2D eigenvalue weighted by atomic mass is 10.0. The SMILES string of the molecule is O=S1(=O)CC2CNCC2C1. The van der Waals surface area contributed by atoms with Crippen molar-refractivity contribution in [3.05, 3.63) is 0 Å². The molecule has 3 nitrogen and oxygen atoms in total. The van der Waals surface area contributed by atoms with Crippen molar-refractivity contribution in [1.82, 2.24) is 5.32 Å². The van der Waals surface area contributed by atoms with Gasteiger partial charge in [0.15, 0.2) is 9.84 Å². The summed E-state index contributed by atoms with van der Waals surface area (Å²) < 4.78 is 22.0. The van der Waals surface area contributed by atoms with Gasteiger partial charge in [0.1, 0.15) is 0 Å². The van der Waals surface area contributed by atoms with Crippen molar-refractivity contribution in [2.75, 3.05) is 24.6 Å². The van der Waals surface area contributed by atoms with Crippen LogP contribution < -0.4 is 5.32 Å². The normalized spacial score (nSPS) is 43.6. The summed E-state index contributed by atoms with van der Waals surface area (Å²) in [5, 5.41) is 3.20. The summed E-state index contributed by atoms with van der Waals surface area (Å²) in [5.74, 6) is 1.69. The molecule has 0 aromatic rings. The molecular weight excluding hydrogens is 150 g/mol. The van der Waals surface area contributed by atoms with E-state index in [2.05, 4.69) is 5.32 Å². The Morgan fingerprint density at radius 1 is 1.10 bits per heavy atom. The van der Waals surface area contributed by atoms with Crippen LogP contribution in [0, 0.1) is 11.8 Å². The van der Waals surface area contributed by atoms with Gasteiger partial charge in [-0.1, -0.05) is 0 Å². The minimum absolute atomic E-state index is 0.421. The zero-order valence-corrected chi connectivity index (χ0v) is 6.52. The molecule has 2 aliphatic rings. The predicted octanol–water partition coefficient (Wildman–Crippen LogP) is -0.750. The van der Waals surface area contributed by atoms with E-state index in [1.165, 1.54) is 0 Å². The minimum atomic E-state index is -2.65. The van der Waals surface area contributed by atoms with Gasteiger partial charge in [-0.15, -0.1) is 0 Å². The van der Waals surface area contributed by atoms with Crippen LogP contribution in [-0.4, -0.2) is 33.0 Å². The third-order valence-corrected chi connectivity index (χ3v) is 4.29. The molecule has 2 atom stereocenters. The van der Waals surface area contributed by atoms with Crippen molar-refractivity contribution in [3.63, 3.8) is 0 Å². The Morgan fingerprint density at radius 3 is 2.10 bits per heavy atom. The van der Waals surface area contributed by atoms with Crippen LogP contribution in [-0.2, 0) is 9.84 Å². The van der Waals surface area contributed by atoms with Crippen LogP contribution in [0.25, 0.3) is 0 Å². The zero-order valence-electron chi connectivity index (χ0n) is 5.71. The average Bonchev–Trinajstić information content (AvgIpc) is 2.20. The summed E-state index contributed by atoms with van der Waals surface area (Å²) in [4.78, 5) is 0. The smallest absolute Gasteiger partial charge is 0.150 e. The standard InChI is InChI=1S/C6H11NO2S/c8-10(9)3-5-1-7-2-6(5)4-10/h5-7H,1-4H2. The molecule has 0 radical (unpaired) electrons. The third-order valence-electron chi connectivity index (χ3n) is 2.42. The average molecular weight is 161 g/mol. The van der Waals surface area contributed by atoms with Gasteiger partial charge in [-0.25, -0.2) is 8.42 Å². The van der Waals surface area contributed by atoms with Crippen LogP contribution in [0.4, 0.5) is 0 Å². The number of rotatable bonds is 0. The molecule has 0 aromatic heterocycles. The van der Waals surface area contributed by atoms with Gasteiger partial charge in [0, 0.05) is 0 Å². The topological polar surface area (TPSA) is 46.2 Å². The number of hydrogen-bond acceptors (Lipinski definition) is 3. The third kappa shape index (κ3) is 0.953. The molecule has 4 heteroatoms. The molecule has 2 fully saturated rings. The van der Waals surface area contributed by atoms with Crippen LogP contribution in [0.15, 0.2) is 0 Å². The second kappa shape index (κ2) is 1.95. The Bertz CT molecular complexity index is 216. The number of hydrogen-bond donors (Lipinski definition) is 1. The van der Waals surface area contributed by atoms with Gasteiger partial charge in [-0.3, -0.25) is 0 Å². The maximum Gasteiger partial charge on any atom is 0.150 e. The Kier molecular flexibility index (Phi) is 1.29. The molecule has 2 rings (SSSR count). The lowest BCUT2D eigenvalue weighted by Gasteiger charge is -2.00. The van der Waals surface area contributed by atoms with Crippen molar-refractivity contribution in [1.29, 1.82) is 0 Å². The van der Waals surface area contributed by atoms with E-state index in [0.717, 1.165) is 13.1 Å². The fourth-order valence-electron chi connectivity index (χ4n) is 1.90. The first kappa shape index (κ1) is 6.61. The monoisotopic (exact) mass is 161 g/mol. The maximum atomic E-state index is 11.0. The largest absolute Gasteiger partial charge is 0.316 e. The highest BCUT2D eigenvalue weighted by Gasteiger charge is 2.40. The first-order chi connectivity index (χ1) is 4.67. The molecule has 0 bridgehead atoms. The predicted molar refractivity (Wildman–Crippen MR) is 38.5 cm³/mol. The molecule has 10 heavy (non-hydrogen) atoms. The number of sulfone groups is 1. The second-order valence-corrected chi connectivity index (χ2v) is 5.41. The van der Waals surface area contributed by atoms with Crippen LogP contribution in [0.3, 0.4) is 0 Å². The highest BCUT2D eigenvalue weighted by molar-refractivity contribution is 7.91. The second-order valence-electron chi connectivity index (χ2n) is 3.26. The summed E-state index contributed by atoms with van der Waals surface area (Å²) in [5.41, 5.74) is 0. The van der Waals surface area contributed by atoms with Crippen molar-refractivity contribution < 1.29 is 8.42 Å².